The molecule has 0 aliphatic carbocycles. The first-order valence-corrected chi connectivity index (χ1v) is 10.0. The van der Waals surface area contributed by atoms with Gasteiger partial charge in [-0.3, -0.25) is 9.59 Å². The van der Waals surface area contributed by atoms with Crippen LogP contribution in [0.2, 0.25) is 0 Å². The van der Waals surface area contributed by atoms with E-state index in [1.807, 2.05) is 34.6 Å². The van der Waals surface area contributed by atoms with Crippen LogP contribution in [0.15, 0.2) is 36.9 Å². The Bertz CT molecular complexity index is 750. The van der Waals surface area contributed by atoms with Crippen molar-refractivity contribution in [3.8, 4) is 0 Å². The van der Waals surface area contributed by atoms with Crippen LogP contribution in [0.3, 0.4) is 0 Å². The van der Waals surface area contributed by atoms with E-state index < -0.39 is 11.7 Å². The lowest BCUT2D eigenvalue weighted by Gasteiger charge is -2.37. The van der Waals surface area contributed by atoms with Crippen LogP contribution >= 0.6 is 11.9 Å². The Morgan fingerprint density at radius 1 is 1.18 bits per heavy atom. The topological polar surface area (TPSA) is 66.9 Å². The SMILES string of the molecule is C=CC(SN1C(=O)c2ccccc2C1=O)[C@H](C(C)C)N(C)C(=O)OC(C)(C)C. The van der Waals surface area contributed by atoms with E-state index in [1.54, 1.807) is 37.4 Å². The molecule has 0 fully saturated rings. The highest BCUT2D eigenvalue weighted by molar-refractivity contribution is 7.99. The molecule has 1 unspecified atom stereocenters. The highest BCUT2D eigenvalue weighted by atomic mass is 32.2. The summed E-state index contributed by atoms with van der Waals surface area (Å²) >= 11 is 1.09. The maximum absolute atomic E-state index is 12.7. The van der Waals surface area contributed by atoms with Crippen molar-refractivity contribution in [2.75, 3.05) is 7.05 Å². The number of rotatable bonds is 6. The number of fused-ring (bicyclic) bond motifs is 1. The van der Waals surface area contributed by atoms with E-state index in [4.69, 9.17) is 4.74 Å². The van der Waals surface area contributed by atoms with E-state index in [1.165, 1.54) is 4.90 Å². The van der Waals surface area contributed by atoms with Gasteiger partial charge in [0.2, 0.25) is 0 Å². The van der Waals surface area contributed by atoms with Crippen LogP contribution in [-0.2, 0) is 4.74 Å². The second-order valence-electron chi connectivity index (χ2n) is 8.08. The maximum Gasteiger partial charge on any atom is 0.410 e. The summed E-state index contributed by atoms with van der Waals surface area (Å²) in [4.78, 5) is 39.5. The number of hydrogen-bond donors (Lipinski definition) is 0. The summed E-state index contributed by atoms with van der Waals surface area (Å²) in [5.41, 5.74) is 0.167. The molecular weight excluding hydrogens is 376 g/mol. The lowest BCUT2D eigenvalue weighted by molar-refractivity contribution is 0.0187. The number of nitrogens with zero attached hydrogens (tertiary/aromatic N) is 2. The first-order chi connectivity index (χ1) is 13.0. The van der Waals surface area contributed by atoms with Crippen LogP contribution in [-0.4, -0.2) is 51.1 Å². The molecule has 0 N–H and O–H groups in total. The van der Waals surface area contributed by atoms with Gasteiger partial charge in [0.05, 0.1) is 22.4 Å². The number of imide groups is 1. The van der Waals surface area contributed by atoms with Crippen molar-refractivity contribution >= 4 is 29.9 Å². The maximum atomic E-state index is 12.7. The Morgan fingerprint density at radius 2 is 1.68 bits per heavy atom. The van der Waals surface area contributed by atoms with Crippen molar-refractivity contribution in [3.05, 3.63) is 48.0 Å². The highest BCUT2D eigenvalue weighted by Gasteiger charge is 2.40. The largest absolute Gasteiger partial charge is 0.444 e. The average molecular weight is 405 g/mol. The van der Waals surface area contributed by atoms with Gasteiger partial charge in [-0.25, -0.2) is 9.10 Å². The Morgan fingerprint density at radius 3 is 2.07 bits per heavy atom. The molecule has 0 aromatic heterocycles. The summed E-state index contributed by atoms with van der Waals surface area (Å²) in [7, 11) is 1.66. The number of amides is 3. The molecule has 0 saturated carbocycles. The summed E-state index contributed by atoms with van der Waals surface area (Å²) in [6, 6.07) is 6.44. The molecule has 1 aromatic rings. The van der Waals surface area contributed by atoms with Crippen LogP contribution in [0.25, 0.3) is 0 Å². The molecule has 0 saturated heterocycles. The molecule has 6 nitrogen and oxygen atoms in total. The first kappa shape index (κ1) is 22.0. The van der Waals surface area contributed by atoms with Crippen molar-refractivity contribution in [2.45, 2.75) is 51.5 Å². The molecule has 0 radical (unpaired) electrons. The van der Waals surface area contributed by atoms with Crippen molar-refractivity contribution in [2.24, 2.45) is 5.92 Å². The van der Waals surface area contributed by atoms with Crippen LogP contribution < -0.4 is 0 Å². The number of carbonyl (C=O) groups is 3. The van der Waals surface area contributed by atoms with Gasteiger partial charge < -0.3 is 9.64 Å². The lowest BCUT2D eigenvalue weighted by Crippen LogP contribution is -2.49. The Balaban J connectivity index is 2.24. The van der Waals surface area contributed by atoms with E-state index in [0.29, 0.717) is 11.1 Å². The minimum absolute atomic E-state index is 0.0446. The van der Waals surface area contributed by atoms with Gasteiger partial charge in [0.1, 0.15) is 5.60 Å². The van der Waals surface area contributed by atoms with Gasteiger partial charge in [-0.2, -0.15) is 0 Å². The van der Waals surface area contributed by atoms with Crippen molar-refractivity contribution in [1.82, 2.24) is 9.21 Å². The summed E-state index contributed by atoms with van der Waals surface area (Å²) < 4.78 is 6.65. The Hall–Kier alpha value is -2.28. The second kappa shape index (κ2) is 8.39. The predicted octanol–water partition coefficient (Wildman–Crippen LogP) is 4.38. The molecule has 1 aromatic carbocycles. The number of hydrogen-bond acceptors (Lipinski definition) is 5. The molecule has 3 amide bonds. The van der Waals surface area contributed by atoms with Crippen LogP contribution in [0.4, 0.5) is 4.79 Å². The van der Waals surface area contributed by atoms with Crippen molar-refractivity contribution < 1.29 is 19.1 Å². The molecular formula is C21H28N2O4S. The van der Waals surface area contributed by atoms with Crippen LogP contribution in [0, 0.1) is 5.92 Å². The minimum Gasteiger partial charge on any atom is -0.444 e. The van der Waals surface area contributed by atoms with Gasteiger partial charge in [0, 0.05) is 7.05 Å². The monoisotopic (exact) mass is 404 g/mol. The van der Waals surface area contributed by atoms with Crippen molar-refractivity contribution in [3.63, 3.8) is 0 Å². The molecule has 152 valence electrons. The van der Waals surface area contributed by atoms with Gasteiger partial charge in [-0.1, -0.05) is 32.1 Å². The lowest BCUT2D eigenvalue weighted by atomic mass is 9.99. The van der Waals surface area contributed by atoms with Gasteiger partial charge in [-0.15, -0.1) is 6.58 Å². The first-order valence-electron chi connectivity index (χ1n) is 9.21. The van der Waals surface area contributed by atoms with Crippen LogP contribution in [0.5, 0.6) is 0 Å². The minimum atomic E-state index is -0.619. The molecule has 1 heterocycles. The summed E-state index contributed by atoms with van der Waals surface area (Å²) in [6.45, 7) is 13.2. The fourth-order valence-electron chi connectivity index (χ4n) is 3.13. The number of carbonyl (C=O) groups excluding carboxylic acids is 3. The number of ether oxygens (including phenoxy) is 1. The van der Waals surface area contributed by atoms with E-state index >= 15 is 0 Å². The standard InChI is InChI=1S/C21H28N2O4S/c1-8-16(17(13(2)3)22(7)20(26)27-21(4,5)6)28-23-18(24)14-11-9-10-12-15(14)19(23)25/h8-13,16-17H,1H2,2-7H3/t16?,17-/m0/s1. The zero-order valence-electron chi connectivity index (χ0n) is 17.3. The molecule has 2 rings (SSSR count). The van der Waals surface area contributed by atoms with Crippen molar-refractivity contribution in [1.29, 1.82) is 0 Å². The molecule has 7 heteroatoms. The van der Waals surface area contributed by atoms with Gasteiger partial charge >= 0.3 is 6.09 Å². The normalized spacial score (nSPS) is 16.0. The Labute approximate surface area is 171 Å². The van der Waals surface area contributed by atoms with E-state index in [0.717, 1.165) is 16.3 Å². The Kier molecular flexibility index (Phi) is 6.59. The second-order valence-corrected chi connectivity index (χ2v) is 9.20. The third kappa shape index (κ3) is 4.58. The molecule has 2 atom stereocenters. The molecule has 0 bridgehead atoms. The fraction of sp³-hybridized carbons (Fsp3) is 0.476. The molecule has 0 spiro atoms. The van der Waals surface area contributed by atoms with E-state index in [2.05, 4.69) is 6.58 Å². The third-order valence-corrected chi connectivity index (χ3v) is 5.62. The summed E-state index contributed by atoms with van der Waals surface area (Å²) in [5.74, 6) is -0.650. The highest BCUT2D eigenvalue weighted by Crippen LogP contribution is 2.34. The van der Waals surface area contributed by atoms with Gasteiger partial charge in [-0.05, 0) is 50.8 Å². The van der Waals surface area contributed by atoms with Gasteiger partial charge in [0.15, 0.2) is 0 Å². The van der Waals surface area contributed by atoms with Gasteiger partial charge in [0.25, 0.3) is 11.8 Å². The molecule has 28 heavy (non-hydrogen) atoms. The quantitative estimate of drug-likeness (QED) is 0.400. The predicted molar refractivity (Wildman–Crippen MR) is 111 cm³/mol. The third-order valence-electron chi connectivity index (χ3n) is 4.36. The number of benzene rings is 1. The molecule has 1 aliphatic rings. The van der Waals surface area contributed by atoms with E-state index in [-0.39, 0.29) is 29.0 Å². The zero-order valence-corrected chi connectivity index (χ0v) is 18.1. The fourth-order valence-corrected chi connectivity index (χ4v) is 4.47. The van der Waals surface area contributed by atoms with Crippen LogP contribution in [0.1, 0.15) is 55.3 Å². The van der Waals surface area contributed by atoms with E-state index in [9.17, 15) is 14.4 Å². The average Bonchev–Trinajstić information content (AvgIpc) is 2.84. The molecule has 1 aliphatic heterocycles. The summed E-state index contributed by atoms with van der Waals surface area (Å²) in [5, 5.41) is -0.375. The zero-order chi connectivity index (χ0) is 21.2. The summed E-state index contributed by atoms with van der Waals surface area (Å²) in [6.07, 6.45) is 1.21. The smallest absolute Gasteiger partial charge is 0.410 e.